The smallest absolute Gasteiger partial charge is 0.336 e. The van der Waals surface area contributed by atoms with Gasteiger partial charge in [-0.25, -0.2) is 9.78 Å². The third-order valence-electron chi connectivity index (χ3n) is 6.79. The fraction of sp³-hybridized carbons (Fsp3) is 0.182. The number of carbonyl (C=O) groups excluding carboxylic acids is 1. The van der Waals surface area contributed by atoms with Crippen molar-refractivity contribution in [1.82, 2.24) is 9.38 Å². The van der Waals surface area contributed by atoms with Crippen LogP contribution in [0.4, 0.5) is 0 Å². The average Bonchev–Trinajstić information content (AvgIpc) is 3.38. The quantitative estimate of drug-likeness (QED) is 0.216. The fourth-order valence-electron chi connectivity index (χ4n) is 4.85. The number of carbonyl (C=O) groups is 2. The number of rotatable bonds is 9. The minimum atomic E-state index is -0.979. The molecular formula is C33H30N2O4. The fourth-order valence-corrected chi connectivity index (χ4v) is 4.85. The maximum absolute atomic E-state index is 13.2. The van der Waals surface area contributed by atoms with Crippen LogP contribution >= 0.6 is 0 Å². The molecule has 1 atom stereocenters. The van der Waals surface area contributed by atoms with E-state index in [-0.39, 0.29) is 18.0 Å². The summed E-state index contributed by atoms with van der Waals surface area (Å²) in [6.07, 6.45) is 3.33. The Labute approximate surface area is 227 Å². The normalized spacial score (nSPS) is 11.8. The van der Waals surface area contributed by atoms with E-state index in [1.807, 2.05) is 90.3 Å². The number of carboxylic acids is 1. The molecule has 6 heteroatoms. The Bertz CT molecular complexity index is 1620. The molecule has 2 aromatic heterocycles. The van der Waals surface area contributed by atoms with Crippen molar-refractivity contribution >= 4 is 17.6 Å². The zero-order valence-corrected chi connectivity index (χ0v) is 22.0. The minimum Gasteiger partial charge on any atom is -0.478 e. The zero-order chi connectivity index (χ0) is 27.4. The van der Waals surface area contributed by atoms with Gasteiger partial charge in [0, 0.05) is 6.20 Å². The van der Waals surface area contributed by atoms with Crippen LogP contribution in [0, 0.1) is 6.92 Å². The third kappa shape index (κ3) is 5.60. The molecule has 5 rings (SSSR count). The van der Waals surface area contributed by atoms with Crippen LogP contribution in [0.5, 0.6) is 0 Å². The van der Waals surface area contributed by atoms with Crippen molar-refractivity contribution in [2.24, 2.45) is 0 Å². The zero-order valence-electron chi connectivity index (χ0n) is 22.0. The molecule has 0 amide bonds. The predicted molar refractivity (Wildman–Crippen MR) is 151 cm³/mol. The van der Waals surface area contributed by atoms with Crippen molar-refractivity contribution in [2.45, 2.75) is 39.2 Å². The summed E-state index contributed by atoms with van der Waals surface area (Å²) in [6.45, 7) is 4.14. The lowest BCUT2D eigenvalue weighted by molar-refractivity contribution is -0.146. The third-order valence-corrected chi connectivity index (χ3v) is 6.79. The van der Waals surface area contributed by atoms with Crippen LogP contribution in [0.15, 0.2) is 97.2 Å². The molecule has 0 saturated heterocycles. The Balaban J connectivity index is 1.56. The molecule has 0 saturated carbocycles. The maximum Gasteiger partial charge on any atom is 0.336 e. The minimum absolute atomic E-state index is 0.154. The van der Waals surface area contributed by atoms with Gasteiger partial charge in [0.1, 0.15) is 5.65 Å². The lowest BCUT2D eigenvalue weighted by Gasteiger charge is -2.21. The van der Waals surface area contributed by atoms with Gasteiger partial charge in [-0.3, -0.25) is 9.20 Å². The monoisotopic (exact) mass is 518 g/mol. The van der Waals surface area contributed by atoms with Crippen molar-refractivity contribution in [3.05, 3.63) is 131 Å². The molecule has 1 unspecified atom stereocenters. The molecule has 0 aliphatic carbocycles. The molecule has 196 valence electrons. The predicted octanol–water partition coefficient (Wildman–Crippen LogP) is 6.84. The molecule has 0 bridgehead atoms. The number of aromatic nitrogens is 2. The van der Waals surface area contributed by atoms with Crippen LogP contribution in [0.2, 0.25) is 0 Å². The first-order chi connectivity index (χ1) is 18.9. The number of aromatic carboxylic acids is 1. The number of ether oxygens (including phenoxy) is 1. The molecule has 5 aromatic rings. The second-order valence-corrected chi connectivity index (χ2v) is 9.62. The first-order valence-electron chi connectivity index (χ1n) is 13.1. The Hall–Kier alpha value is -4.71. The largest absolute Gasteiger partial charge is 0.478 e. The van der Waals surface area contributed by atoms with E-state index in [4.69, 9.17) is 9.72 Å². The van der Waals surface area contributed by atoms with E-state index in [2.05, 4.69) is 6.92 Å². The van der Waals surface area contributed by atoms with Gasteiger partial charge in [-0.15, -0.1) is 0 Å². The highest BCUT2D eigenvalue weighted by molar-refractivity contribution is 5.96. The van der Waals surface area contributed by atoms with Gasteiger partial charge in [0.25, 0.3) is 0 Å². The van der Waals surface area contributed by atoms with E-state index >= 15 is 0 Å². The van der Waals surface area contributed by atoms with Gasteiger partial charge in [0.15, 0.2) is 6.10 Å². The maximum atomic E-state index is 13.2. The first kappa shape index (κ1) is 25.9. The Morgan fingerprint density at radius 3 is 2.36 bits per heavy atom. The molecule has 1 N–H and O–H groups in total. The molecule has 6 nitrogen and oxygen atoms in total. The van der Waals surface area contributed by atoms with Gasteiger partial charge in [0.05, 0.1) is 23.4 Å². The summed E-state index contributed by atoms with van der Waals surface area (Å²) in [6, 6.07) is 28.0. The van der Waals surface area contributed by atoms with E-state index in [0.29, 0.717) is 5.56 Å². The van der Waals surface area contributed by atoms with Crippen LogP contribution in [0.25, 0.3) is 16.8 Å². The highest BCUT2D eigenvalue weighted by atomic mass is 16.5. The number of pyridine rings is 1. The summed E-state index contributed by atoms with van der Waals surface area (Å²) < 4.78 is 8.19. The number of hydrogen-bond acceptors (Lipinski definition) is 4. The van der Waals surface area contributed by atoms with Crippen LogP contribution in [0.3, 0.4) is 0 Å². The number of fused-ring (bicyclic) bond motifs is 1. The van der Waals surface area contributed by atoms with Crippen LogP contribution in [-0.4, -0.2) is 26.4 Å². The average molecular weight is 519 g/mol. The lowest BCUT2D eigenvalue weighted by atomic mass is 9.96. The summed E-state index contributed by atoms with van der Waals surface area (Å²) in [5, 5.41) is 9.64. The van der Waals surface area contributed by atoms with Crippen molar-refractivity contribution in [3.63, 3.8) is 0 Å². The number of aryl methyl sites for hydroxylation is 2. The topological polar surface area (TPSA) is 80.9 Å². The molecule has 2 heterocycles. The van der Waals surface area contributed by atoms with E-state index in [0.717, 1.165) is 52.1 Å². The standard InChI is InChI=1S/C33H30N2O4/c1-3-9-26-21-35-29(19-14-22(2)32(35)34-26)31(39-30(36)20-23-10-5-4-6-11-23)25-17-15-24(16-18-25)27-12-7-8-13-28(27)33(37)38/h4-8,10-19,21,31H,3,9,20H2,1-2H3,(H,37,38). The molecule has 0 aliphatic heterocycles. The van der Waals surface area contributed by atoms with Crippen molar-refractivity contribution in [2.75, 3.05) is 0 Å². The summed E-state index contributed by atoms with van der Waals surface area (Å²) in [5.41, 5.74) is 6.96. The Morgan fingerprint density at radius 1 is 0.923 bits per heavy atom. The van der Waals surface area contributed by atoms with E-state index < -0.39 is 12.1 Å². The van der Waals surface area contributed by atoms with Crippen molar-refractivity contribution in [3.8, 4) is 11.1 Å². The van der Waals surface area contributed by atoms with E-state index in [9.17, 15) is 14.7 Å². The molecule has 3 aromatic carbocycles. The Morgan fingerprint density at radius 2 is 1.64 bits per heavy atom. The van der Waals surface area contributed by atoms with Gasteiger partial charge in [0.2, 0.25) is 0 Å². The van der Waals surface area contributed by atoms with Gasteiger partial charge < -0.3 is 9.84 Å². The van der Waals surface area contributed by atoms with Crippen LogP contribution in [-0.2, 0) is 22.4 Å². The highest BCUT2D eigenvalue weighted by Gasteiger charge is 2.24. The number of esters is 1. The molecule has 0 spiro atoms. The van der Waals surface area contributed by atoms with Gasteiger partial charge in [-0.1, -0.05) is 92.2 Å². The SMILES string of the molecule is CCCc1cn2c(C(OC(=O)Cc3ccccc3)c3ccc(-c4ccccc4C(=O)O)cc3)ccc(C)c2n1. The van der Waals surface area contributed by atoms with Gasteiger partial charge in [-0.05, 0) is 53.3 Å². The summed E-state index contributed by atoms with van der Waals surface area (Å²) >= 11 is 0. The van der Waals surface area contributed by atoms with Crippen molar-refractivity contribution in [1.29, 1.82) is 0 Å². The summed E-state index contributed by atoms with van der Waals surface area (Å²) in [5.74, 6) is -1.32. The number of hydrogen-bond donors (Lipinski definition) is 1. The van der Waals surface area contributed by atoms with E-state index in [1.165, 1.54) is 0 Å². The summed E-state index contributed by atoms with van der Waals surface area (Å²) in [4.78, 5) is 29.8. The van der Waals surface area contributed by atoms with E-state index in [1.54, 1.807) is 18.2 Å². The number of imidazole rings is 1. The molecule has 0 aliphatic rings. The second kappa shape index (κ2) is 11.4. The number of carboxylic acid groups (broad SMARTS) is 1. The number of nitrogens with zero attached hydrogens (tertiary/aromatic N) is 2. The number of benzene rings is 3. The van der Waals surface area contributed by atoms with Crippen molar-refractivity contribution < 1.29 is 19.4 Å². The highest BCUT2D eigenvalue weighted by Crippen LogP contribution is 2.32. The van der Waals surface area contributed by atoms with Gasteiger partial charge in [-0.2, -0.15) is 0 Å². The summed E-state index contributed by atoms with van der Waals surface area (Å²) in [7, 11) is 0. The van der Waals surface area contributed by atoms with Crippen LogP contribution < -0.4 is 0 Å². The second-order valence-electron chi connectivity index (χ2n) is 9.62. The molecular weight excluding hydrogens is 488 g/mol. The molecule has 0 fully saturated rings. The lowest BCUT2D eigenvalue weighted by Crippen LogP contribution is -2.17. The Kier molecular flexibility index (Phi) is 7.55. The van der Waals surface area contributed by atoms with Crippen LogP contribution in [0.1, 0.15) is 57.9 Å². The molecule has 0 radical (unpaired) electrons. The first-order valence-corrected chi connectivity index (χ1v) is 13.1. The molecule has 39 heavy (non-hydrogen) atoms. The van der Waals surface area contributed by atoms with Gasteiger partial charge >= 0.3 is 11.9 Å².